The fourth-order valence-corrected chi connectivity index (χ4v) is 6.71. The third-order valence-electron chi connectivity index (χ3n) is 6.19. The number of aromatic nitrogens is 1. The van der Waals surface area contributed by atoms with Crippen molar-refractivity contribution in [3.05, 3.63) is 87.2 Å². The van der Waals surface area contributed by atoms with Crippen LogP contribution >= 0.6 is 23.4 Å². The fraction of sp³-hybridized carbons (Fsp3) is 0.250. The number of alkyl halides is 3. The first kappa shape index (κ1) is 31.2. The zero-order valence-corrected chi connectivity index (χ0v) is 24.2. The third-order valence-corrected chi connectivity index (χ3v) is 8.97. The summed E-state index contributed by atoms with van der Waals surface area (Å²) in [6.45, 7) is -0.149. The number of nitrogens with zero attached hydrogens (tertiary/aromatic N) is 3. The van der Waals surface area contributed by atoms with Gasteiger partial charge < -0.3 is 9.84 Å². The second kappa shape index (κ2) is 13.1. The van der Waals surface area contributed by atoms with Crippen LogP contribution in [0.4, 0.5) is 13.2 Å². The van der Waals surface area contributed by atoms with Crippen molar-refractivity contribution in [3.8, 4) is 22.9 Å². The Kier molecular flexibility index (Phi) is 9.71. The molecule has 0 fully saturated rings. The molecule has 0 radical (unpaired) electrons. The quantitative estimate of drug-likeness (QED) is 0.270. The zero-order chi connectivity index (χ0) is 30.5. The van der Waals surface area contributed by atoms with E-state index in [1.165, 1.54) is 30.2 Å². The number of thioether (sulfide) groups is 1. The van der Waals surface area contributed by atoms with E-state index in [0.29, 0.717) is 12.5 Å². The molecule has 1 aliphatic heterocycles. The van der Waals surface area contributed by atoms with Crippen molar-refractivity contribution in [1.29, 1.82) is 5.26 Å². The lowest BCUT2D eigenvalue weighted by molar-refractivity contribution is -0.141. The van der Waals surface area contributed by atoms with Gasteiger partial charge >= 0.3 is 12.1 Å². The molecule has 2 aliphatic rings. The van der Waals surface area contributed by atoms with Crippen molar-refractivity contribution in [2.75, 3.05) is 6.61 Å². The summed E-state index contributed by atoms with van der Waals surface area (Å²) in [7, 11) is -4.38. The number of sulfonamides is 1. The van der Waals surface area contributed by atoms with Crippen LogP contribution in [0.15, 0.2) is 75.8 Å². The molecule has 220 valence electrons. The van der Waals surface area contributed by atoms with Crippen LogP contribution in [-0.4, -0.2) is 35.4 Å². The van der Waals surface area contributed by atoms with Gasteiger partial charge in [-0.3, -0.25) is 9.78 Å². The van der Waals surface area contributed by atoms with E-state index in [4.69, 9.17) is 21.4 Å². The number of allylic oxidation sites excluding steroid dienone is 5. The fourth-order valence-electron chi connectivity index (χ4n) is 4.15. The lowest BCUT2D eigenvalue weighted by Crippen LogP contribution is -2.23. The SMILES string of the molecule is N#Cc1cc(C(F)(F)F)ncc1-c1cc(S(=O)(=O)N2C=CSC(CC3=CC=CCC3)=C2)c(OCCCC(=O)O)cc1Cl. The summed E-state index contributed by atoms with van der Waals surface area (Å²) < 4.78 is 74.3. The van der Waals surface area contributed by atoms with Crippen LogP contribution < -0.4 is 4.74 Å². The average molecular weight is 638 g/mol. The monoisotopic (exact) mass is 637 g/mol. The number of aliphatic carboxylic acids is 1. The molecule has 14 heteroatoms. The van der Waals surface area contributed by atoms with E-state index in [1.54, 1.807) is 11.5 Å². The molecule has 8 nitrogen and oxygen atoms in total. The Hall–Kier alpha value is -3.73. The Morgan fingerprint density at radius 2 is 2.05 bits per heavy atom. The van der Waals surface area contributed by atoms with Crippen LogP contribution in [-0.2, 0) is 21.0 Å². The van der Waals surface area contributed by atoms with Gasteiger partial charge in [0, 0.05) is 53.5 Å². The molecule has 0 spiro atoms. The summed E-state index contributed by atoms with van der Waals surface area (Å²) in [6, 6.07) is 4.54. The van der Waals surface area contributed by atoms with Crippen LogP contribution in [0.3, 0.4) is 0 Å². The lowest BCUT2D eigenvalue weighted by atomic mass is 10.0. The molecule has 2 heterocycles. The molecule has 0 amide bonds. The Bertz CT molecular complexity index is 1660. The Balaban J connectivity index is 1.78. The highest BCUT2D eigenvalue weighted by atomic mass is 35.5. The van der Waals surface area contributed by atoms with Crippen LogP contribution in [0.5, 0.6) is 5.75 Å². The van der Waals surface area contributed by atoms with Gasteiger partial charge in [-0.2, -0.15) is 18.4 Å². The van der Waals surface area contributed by atoms with Crippen molar-refractivity contribution in [2.24, 2.45) is 0 Å². The van der Waals surface area contributed by atoms with Crippen LogP contribution in [0.1, 0.15) is 43.4 Å². The van der Waals surface area contributed by atoms with E-state index in [-0.39, 0.29) is 46.2 Å². The Labute approximate surface area is 249 Å². The molecule has 1 aromatic carbocycles. The van der Waals surface area contributed by atoms with E-state index < -0.39 is 33.4 Å². The van der Waals surface area contributed by atoms with Gasteiger partial charge in [-0.05, 0) is 36.8 Å². The highest BCUT2D eigenvalue weighted by Gasteiger charge is 2.34. The highest BCUT2D eigenvalue weighted by Crippen LogP contribution is 2.41. The third kappa shape index (κ3) is 7.36. The minimum Gasteiger partial charge on any atom is -0.492 e. The van der Waals surface area contributed by atoms with Crippen molar-refractivity contribution in [2.45, 2.75) is 43.2 Å². The number of ether oxygens (including phenoxy) is 1. The number of carboxylic acid groups (broad SMARTS) is 1. The second-order valence-corrected chi connectivity index (χ2v) is 12.4. The molecular formula is C28H23ClF3N3O5S2. The first-order valence-corrected chi connectivity index (χ1v) is 15.2. The molecule has 2 aromatic rings. The summed E-state index contributed by atoms with van der Waals surface area (Å²) in [6.07, 6.45) is 6.95. The molecule has 1 N–H and O–H groups in total. The van der Waals surface area contributed by atoms with E-state index in [1.807, 2.05) is 18.2 Å². The number of nitriles is 1. The van der Waals surface area contributed by atoms with Gasteiger partial charge in [0.1, 0.15) is 16.3 Å². The van der Waals surface area contributed by atoms with E-state index in [2.05, 4.69) is 4.98 Å². The van der Waals surface area contributed by atoms with Gasteiger partial charge in [-0.1, -0.05) is 47.2 Å². The predicted molar refractivity (Wildman–Crippen MR) is 152 cm³/mol. The van der Waals surface area contributed by atoms with Crippen molar-refractivity contribution < 1.29 is 36.2 Å². The van der Waals surface area contributed by atoms with E-state index in [9.17, 15) is 31.6 Å². The largest absolute Gasteiger partial charge is 0.492 e. The number of carbonyl (C=O) groups is 1. The van der Waals surface area contributed by atoms with Crippen LogP contribution in [0.25, 0.3) is 11.1 Å². The molecule has 1 aromatic heterocycles. The van der Waals surface area contributed by atoms with Crippen molar-refractivity contribution in [3.63, 3.8) is 0 Å². The molecule has 1 aliphatic carbocycles. The minimum absolute atomic E-state index is 0.0513. The number of benzene rings is 1. The van der Waals surface area contributed by atoms with Gasteiger partial charge in [0.25, 0.3) is 10.0 Å². The van der Waals surface area contributed by atoms with Crippen LogP contribution in [0, 0.1) is 11.3 Å². The maximum absolute atomic E-state index is 14.0. The van der Waals surface area contributed by atoms with Crippen LogP contribution in [0.2, 0.25) is 5.02 Å². The Morgan fingerprint density at radius 1 is 1.26 bits per heavy atom. The maximum Gasteiger partial charge on any atom is 0.433 e. The first-order valence-electron chi connectivity index (χ1n) is 12.5. The number of rotatable bonds is 10. The van der Waals surface area contributed by atoms with Crippen molar-refractivity contribution in [1.82, 2.24) is 9.29 Å². The van der Waals surface area contributed by atoms with Gasteiger partial charge in [-0.15, -0.1) is 0 Å². The Morgan fingerprint density at radius 3 is 2.71 bits per heavy atom. The normalized spacial score (nSPS) is 15.2. The van der Waals surface area contributed by atoms with Gasteiger partial charge in [0.05, 0.1) is 23.3 Å². The molecule has 0 atom stereocenters. The summed E-state index contributed by atoms with van der Waals surface area (Å²) in [4.78, 5) is 14.7. The summed E-state index contributed by atoms with van der Waals surface area (Å²) in [5.41, 5.74) is -0.725. The molecule has 0 unspecified atom stereocenters. The van der Waals surface area contributed by atoms with Gasteiger partial charge in [0.15, 0.2) is 0 Å². The van der Waals surface area contributed by atoms with Crippen molar-refractivity contribution >= 4 is 39.4 Å². The molecular weight excluding hydrogens is 615 g/mol. The van der Waals surface area contributed by atoms with E-state index in [0.717, 1.165) is 39.9 Å². The lowest BCUT2D eigenvalue weighted by Gasteiger charge is -2.24. The molecule has 0 saturated carbocycles. The molecule has 4 rings (SSSR count). The second-order valence-electron chi connectivity index (χ2n) is 9.15. The first-order chi connectivity index (χ1) is 19.9. The number of pyridine rings is 1. The smallest absolute Gasteiger partial charge is 0.433 e. The summed E-state index contributed by atoms with van der Waals surface area (Å²) in [5, 5.41) is 20.0. The maximum atomic E-state index is 14.0. The van der Waals surface area contributed by atoms with Gasteiger partial charge in [-0.25, -0.2) is 12.7 Å². The summed E-state index contributed by atoms with van der Waals surface area (Å²) in [5.74, 6) is -1.25. The average Bonchev–Trinajstić information content (AvgIpc) is 2.95. The number of hydrogen-bond acceptors (Lipinski definition) is 7. The molecule has 42 heavy (non-hydrogen) atoms. The summed E-state index contributed by atoms with van der Waals surface area (Å²) >= 11 is 7.81. The molecule has 0 bridgehead atoms. The number of halogens is 4. The zero-order valence-electron chi connectivity index (χ0n) is 21.8. The standard InChI is InChI=1S/C28H23ClF3N3O5S2/c29-23-14-24(40-9-4-7-27(36)37)25(13-21(23)22-16-34-26(28(30,31)32)12-19(22)15-33)42(38,39)35-8-10-41-20(17-35)11-18-5-2-1-3-6-18/h1-2,5,8,10,12-14,16-17H,3-4,6-7,9,11H2,(H,36,37). The van der Waals surface area contributed by atoms with Gasteiger partial charge in [0.2, 0.25) is 0 Å². The minimum atomic E-state index is -4.80. The molecule has 0 saturated heterocycles. The topological polar surface area (TPSA) is 121 Å². The predicted octanol–water partition coefficient (Wildman–Crippen LogP) is 7.25. The highest BCUT2D eigenvalue weighted by molar-refractivity contribution is 8.05. The number of carboxylic acids is 1. The van der Waals surface area contributed by atoms with E-state index >= 15 is 0 Å². The number of hydrogen-bond donors (Lipinski definition) is 1.